The van der Waals surface area contributed by atoms with Crippen molar-refractivity contribution < 1.29 is 27.0 Å². The van der Waals surface area contributed by atoms with Crippen LogP contribution in [-0.2, 0) is 20.0 Å². The largest absolute Gasteiger partial charge is 0.388 e. The zero-order chi connectivity index (χ0) is 24.7. The molecule has 0 bridgehead atoms. The van der Waals surface area contributed by atoms with E-state index < -0.39 is 45.3 Å². The summed E-state index contributed by atoms with van der Waals surface area (Å²) in [6, 6.07) is 18.6. The average Bonchev–Trinajstić information content (AvgIpc) is 2.80. The number of β-amino-alcohol motifs (C(OH)–C–C–N with tert-alkyl or cyclic N) is 2. The lowest BCUT2D eigenvalue weighted by Gasteiger charge is -2.37. The lowest BCUT2D eigenvalue weighted by atomic mass is 10.1. The Kier molecular flexibility index (Phi) is 6.43. The van der Waals surface area contributed by atoms with Crippen molar-refractivity contribution in [1.82, 2.24) is 0 Å². The van der Waals surface area contributed by atoms with Crippen LogP contribution in [0.3, 0.4) is 0 Å². The topological polar surface area (TPSA) is 115 Å². The van der Waals surface area contributed by atoms with E-state index in [-0.39, 0.29) is 21.2 Å². The van der Waals surface area contributed by atoms with E-state index in [1.165, 1.54) is 36.4 Å². The first-order valence-electron chi connectivity index (χ1n) is 10.7. The minimum atomic E-state index is -4.19. The number of hydrogen-bond donors (Lipinski definition) is 2. The smallest absolute Gasteiger partial charge is 0.264 e. The predicted molar refractivity (Wildman–Crippen MR) is 130 cm³/mol. The van der Waals surface area contributed by atoms with Gasteiger partial charge in [0.2, 0.25) is 0 Å². The van der Waals surface area contributed by atoms with Crippen LogP contribution in [-0.4, -0.2) is 52.3 Å². The number of aryl methyl sites for hydroxylation is 2. The highest BCUT2D eigenvalue weighted by molar-refractivity contribution is 7.93. The van der Waals surface area contributed by atoms with Crippen LogP contribution >= 0.6 is 0 Å². The monoisotopic (exact) mass is 502 g/mol. The Morgan fingerprint density at radius 1 is 0.618 bits per heavy atom. The normalized spacial score (nSPS) is 19.3. The number of para-hydroxylation sites is 2. The summed E-state index contributed by atoms with van der Waals surface area (Å²) in [6.45, 7) is 2.78. The van der Waals surface area contributed by atoms with Crippen molar-refractivity contribution in [3.63, 3.8) is 0 Å². The number of nitrogens with zero attached hydrogens (tertiary/aromatic N) is 2. The molecule has 10 heteroatoms. The maximum atomic E-state index is 13.6. The summed E-state index contributed by atoms with van der Waals surface area (Å²) in [5.41, 5.74) is 1.92. The van der Waals surface area contributed by atoms with Crippen molar-refractivity contribution >= 4 is 31.4 Å². The number of aliphatic hydroxyl groups excluding tert-OH is 2. The molecule has 0 amide bonds. The maximum absolute atomic E-state index is 13.6. The molecule has 34 heavy (non-hydrogen) atoms. The van der Waals surface area contributed by atoms with Crippen LogP contribution in [0.1, 0.15) is 11.1 Å². The first-order valence-corrected chi connectivity index (χ1v) is 13.5. The summed E-state index contributed by atoms with van der Waals surface area (Å²) < 4.78 is 56.3. The van der Waals surface area contributed by atoms with Crippen molar-refractivity contribution in [2.24, 2.45) is 0 Å². The number of benzene rings is 3. The fourth-order valence-corrected chi connectivity index (χ4v) is 6.79. The van der Waals surface area contributed by atoms with Gasteiger partial charge in [0, 0.05) is 0 Å². The molecule has 1 heterocycles. The molecule has 180 valence electrons. The Morgan fingerprint density at radius 2 is 0.941 bits per heavy atom. The van der Waals surface area contributed by atoms with E-state index in [4.69, 9.17) is 0 Å². The van der Waals surface area contributed by atoms with Crippen LogP contribution in [0.25, 0.3) is 0 Å². The first-order chi connectivity index (χ1) is 16.0. The highest BCUT2D eigenvalue weighted by atomic mass is 32.2. The first kappa shape index (κ1) is 24.2. The molecular weight excluding hydrogens is 476 g/mol. The van der Waals surface area contributed by atoms with Gasteiger partial charge in [-0.15, -0.1) is 0 Å². The quantitative estimate of drug-likeness (QED) is 0.566. The molecule has 8 nitrogen and oxygen atoms in total. The van der Waals surface area contributed by atoms with Gasteiger partial charge in [-0.05, 0) is 50.2 Å². The van der Waals surface area contributed by atoms with Gasteiger partial charge in [0.1, 0.15) is 12.2 Å². The highest BCUT2D eigenvalue weighted by Gasteiger charge is 2.38. The molecule has 2 N–H and O–H groups in total. The summed E-state index contributed by atoms with van der Waals surface area (Å²) in [4.78, 5) is -0.0220. The van der Waals surface area contributed by atoms with E-state index in [1.54, 1.807) is 36.4 Å². The molecule has 0 aromatic heterocycles. The molecule has 2 atom stereocenters. The highest BCUT2D eigenvalue weighted by Crippen LogP contribution is 2.38. The number of sulfonamides is 2. The van der Waals surface area contributed by atoms with Crippen LogP contribution < -0.4 is 8.61 Å². The third-order valence-corrected chi connectivity index (χ3v) is 9.37. The molecule has 1 aliphatic heterocycles. The number of hydrogen-bond acceptors (Lipinski definition) is 6. The summed E-state index contributed by atoms with van der Waals surface area (Å²) in [7, 11) is -8.37. The van der Waals surface area contributed by atoms with Crippen molar-refractivity contribution in [2.45, 2.75) is 35.8 Å². The minimum Gasteiger partial charge on any atom is -0.388 e. The zero-order valence-electron chi connectivity index (χ0n) is 18.7. The van der Waals surface area contributed by atoms with Gasteiger partial charge in [-0.3, -0.25) is 8.61 Å². The van der Waals surface area contributed by atoms with Crippen molar-refractivity contribution in [1.29, 1.82) is 0 Å². The third kappa shape index (κ3) is 4.41. The summed E-state index contributed by atoms with van der Waals surface area (Å²) in [5.74, 6) is 0. The van der Waals surface area contributed by atoms with Gasteiger partial charge >= 0.3 is 0 Å². The fourth-order valence-electron chi connectivity index (χ4n) is 3.80. The van der Waals surface area contributed by atoms with Gasteiger partial charge in [0.05, 0.1) is 34.3 Å². The number of fused-ring (bicyclic) bond motifs is 1. The van der Waals surface area contributed by atoms with E-state index in [9.17, 15) is 27.0 Å². The zero-order valence-corrected chi connectivity index (χ0v) is 20.4. The van der Waals surface area contributed by atoms with Gasteiger partial charge in [0.15, 0.2) is 0 Å². The minimum absolute atomic E-state index is 0.0110. The van der Waals surface area contributed by atoms with E-state index in [0.29, 0.717) is 0 Å². The molecule has 3 aromatic carbocycles. The Hall–Kier alpha value is -2.92. The molecule has 0 radical (unpaired) electrons. The second-order valence-corrected chi connectivity index (χ2v) is 12.0. The summed E-state index contributed by atoms with van der Waals surface area (Å²) in [6.07, 6.45) is -3.05. The van der Waals surface area contributed by atoms with Crippen LogP contribution in [0, 0.1) is 13.8 Å². The van der Waals surface area contributed by atoms with Gasteiger partial charge in [-0.25, -0.2) is 16.8 Å². The molecule has 0 spiro atoms. The molecule has 0 saturated carbocycles. The van der Waals surface area contributed by atoms with Crippen molar-refractivity contribution in [2.75, 3.05) is 21.7 Å². The van der Waals surface area contributed by atoms with E-state index in [2.05, 4.69) is 0 Å². The molecule has 0 fully saturated rings. The fraction of sp³-hybridized carbons (Fsp3) is 0.250. The average molecular weight is 503 g/mol. The van der Waals surface area contributed by atoms with Crippen molar-refractivity contribution in [3.05, 3.63) is 83.9 Å². The van der Waals surface area contributed by atoms with Gasteiger partial charge in [0.25, 0.3) is 20.0 Å². The number of aliphatic hydroxyl groups is 2. The Balaban J connectivity index is 1.91. The molecule has 4 rings (SSSR count). The molecule has 1 aliphatic rings. The maximum Gasteiger partial charge on any atom is 0.264 e. The molecular formula is C24H26N2O6S2. The standard InChI is InChI=1S/C24H26N2O6S2/c1-17-7-11-19(12-8-17)33(29,30)25-15-23(27)24(28)16-26(22-6-4-3-5-21(22)25)34(31,32)20-13-9-18(2)10-14-20/h3-14,23-24,27-28H,15-16H2,1-2H3/t23-,24+. The summed E-state index contributed by atoms with van der Waals surface area (Å²) >= 11 is 0. The second kappa shape index (κ2) is 9.03. The van der Waals surface area contributed by atoms with Gasteiger partial charge < -0.3 is 10.2 Å². The third-order valence-electron chi connectivity index (χ3n) is 5.79. The Bertz CT molecular complexity index is 1280. The van der Waals surface area contributed by atoms with Crippen LogP contribution in [0.4, 0.5) is 11.4 Å². The number of anilines is 2. The van der Waals surface area contributed by atoms with Gasteiger partial charge in [-0.1, -0.05) is 47.5 Å². The lowest BCUT2D eigenvalue weighted by Crippen LogP contribution is -2.50. The van der Waals surface area contributed by atoms with E-state index in [1.807, 2.05) is 13.8 Å². The molecule has 3 aromatic rings. The van der Waals surface area contributed by atoms with E-state index in [0.717, 1.165) is 19.7 Å². The Morgan fingerprint density at radius 3 is 1.26 bits per heavy atom. The van der Waals surface area contributed by atoms with Crippen molar-refractivity contribution in [3.8, 4) is 0 Å². The van der Waals surface area contributed by atoms with Gasteiger partial charge in [-0.2, -0.15) is 0 Å². The van der Waals surface area contributed by atoms with Crippen LogP contribution in [0.15, 0.2) is 82.6 Å². The predicted octanol–water partition coefficient (Wildman–Crippen LogP) is 2.43. The van der Waals surface area contributed by atoms with Crippen LogP contribution in [0.2, 0.25) is 0 Å². The molecule has 0 saturated heterocycles. The molecule has 0 aliphatic carbocycles. The lowest BCUT2D eigenvalue weighted by molar-refractivity contribution is 0.0318. The van der Waals surface area contributed by atoms with E-state index >= 15 is 0 Å². The summed E-state index contributed by atoms with van der Waals surface area (Å²) in [5, 5.41) is 21.3. The number of rotatable bonds is 4. The second-order valence-electron chi connectivity index (χ2n) is 8.32. The molecule has 0 unspecified atom stereocenters. The Labute approximate surface area is 199 Å². The van der Waals surface area contributed by atoms with Crippen LogP contribution in [0.5, 0.6) is 0 Å². The SMILES string of the molecule is Cc1ccc(S(=O)(=O)N2C[C@@H](O)[C@@H](O)CN(S(=O)(=O)c3ccc(C)cc3)c3ccccc32)cc1.